The van der Waals surface area contributed by atoms with Gasteiger partial charge in [-0.2, -0.15) is 0 Å². The van der Waals surface area contributed by atoms with Crippen molar-refractivity contribution in [3.63, 3.8) is 0 Å². The van der Waals surface area contributed by atoms with Crippen molar-refractivity contribution < 1.29 is 72.3 Å². The lowest BCUT2D eigenvalue weighted by molar-refractivity contribution is -0.137. The van der Waals surface area contributed by atoms with Crippen LogP contribution in [0.15, 0.2) is 78.9 Å². The molecule has 5 aromatic rings. The lowest BCUT2D eigenvalue weighted by atomic mass is 9.84. The van der Waals surface area contributed by atoms with Crippen LogP contribution in [0.4, 0.5) is 0 Å². The number of ketones is 3. The van der Waals surface area contributed by atoms with Gasteiger partial charge in [0.1, 0.15) is 59.4 Å². The normalized spacial score (nSPS) is 22.2. The first kappa shape index (κ1) is 61.0. The van der Waals surface area contributed by atoms with Gasteiger partial charge in [-0.1, -0.05) is 68.2 Å². The molecule has 0 radical (unpaired) electrons. The number of hydrogen-bond acceptors (Lipinski definition) is 15. The molecule has 83 heavy (non-hydrogen) atoms. The van der Waals surface area contributed by atoms with E-state index >= 15 is 14.4 Å². The van der Waals surface area contributed by atoms with Crippen molar-refractivity contribution in [1.82, 2.24) is 21.3 Å². The van der Waals surface area contributed by atoms with Crippen LogP contribution in [-0.4, -0.2) is 90.5 Å². The van der Waals surface area contributed by atoms with Crippen molar-refractivity contribution in [1.29, 1.82) is 0 Å². The van der Waals surface area contributed by atoms with E-state index < -0.39 is 120 Å². The molecule has 20 nitrogen and oxygen atoms in total. The van der Waals surface area contributed by atoms with Crippen molar-refractivity contribution in [3.05, 3.63) is 122 Å². The van der Waals surface area contributed by atoms with Crippen LogP contribution in [0.1, 0.15) is 123 Å². The Balaban J connectivity index is 1.39. The number of aliphatic hydroxyl groups excluding tert-OH is 2. The van der Waals surface area contributed by atoms with Crippen molar-refractivity contribution in [2.75, 3.05) is 21.3 Å². The number of halogens is 2. The van der Waals surface area contributed by atoms with Crippen LogP contribution in [0.3, 0.4) is 0 Å². The summed E-state index contributed by atoms with van der Waals surface area (Å²) in [6, 6.07) is 12.0. The molecular weight excluding hydrogens is 1110 g/mol. The molecule has 5 amide bonds. The zero-order valence-electron chi connectivity index (χ0n) is 46.8. The topological polar surface area (TPSA) is 297 Å². The molecule has 5 aliphatic rings. The fraction of sp³-hybridized carbons (Fsp3) is 0.377. The molecule has 438 valence electrons. The molecule has 0 fully saturated rings. The van der Waals surface area contributed by atoms with Crippen LogP contribution in [0, 0.1) is 24.7 Å². The molecule has 11 bridgehead atoms. The Labute approximate surface area is 489 Å². The largest absolute Gasteiger partial charge is 0.496 e. The van der Waals surface area contributed by atoms with Gasteiger partial charge < -0.3 is 60.9 Å². The number of aryl methyl sites for hydroxylation is 1. The number of amides is 5. The number of aliphatic hydroxyl groups is 2. The van der Waals surface area contributed by atoms with E-state index in [-0.39, 0.29) is 95.2 Å². The van der Waals surface area contributed by atoms with E-state index in [4.69, 9.17) is 52.6 Å². The van der Waals surface area contributed by atoms with Gasteiger partial charge in [0.25, 0.3) is 0 Å². The van der Waals surface area contributed by atoms with Gasteiger partial charge in [0.05, 0.1) is 43.2 Å². The fourth-order valence-electron chi connectivity index (χ4n) is 10.9. The van der Waals surface area contributed by atoms with Gasteiger partial charge in [-0.15, -0.1) is 0 Å². The number of rotatable bonds is 11. The molecule has 5 aliphatic heterocycles. The Hall–Kier alpha value is -8.04. The Morgan fingerprint density at radius 1 is 0.711 bits per heavy atom. The minimum absolute atomic E-state index is 0.0106. The number of nitrogens with two attached hydrogens (primary N) is 1. The molecule has 9 atom stereocenters. The zero-order chi connectivity index (χ0) is 60.3. The molecule has 0 unspecified atom stereocenters. The van der Waals surface area contributed by atoms with Crippen LogP contribution in [0.25, 0.3) is 11.1 Å². The smallest absolute Gasteiger partial charge is 0.246 e. The molecule has 5 heterocycles. The van der Waals surface area contributed by atoms with Crippen molar-refractivity contribution >= 4 is 70.1 Å². The molecule has 8 N–H and O–H groups in total. The minimum Gasteiger partial charge on any atom is -0.496 e. The van der Waals surface area contributed by atoms with Gasteiger partial charge >= 0.3 is 0 Å². The highest BCUT2D eigenvalue weighted by molar-refractivity contribution is 6.32. The first-order valence-electron chi connectivity index (χ1n) is 26.9. The van der Waals surface area contributed by atoms with Crippen LogP contribution in [0.2, 0.25) is 10.0 Å². The van der Waals surface area contributed by atoms with Gasteiger partial charge in [-0.25, -0.2) is 0 Å². The summed E-state index contributed by atoms with van der Waals surface area (Å²) in [7, 11) is 4.11. The number of carbonyl (C=O) groups excluding carboxylic acids is 8. The van der Waals surface area contributed by atoms with Crippen LogP contribution < -0.4 is 50.7 Å². The molecule has 0 aliphatic carbocycles. The Morgan fingerprint density at radius 3 is 1.88 bits per heavy atom. The lowest BCUT2D eigenvalue weighted by Crippen LogP contribution is -2.53. The summed E-state index contributed by atoms with van der Waals surface area (Å²) < 4.78 is 30.6. The van der Waals surface area contributed by atoms with Crippen molar-refractivity contribution in [2.24, 2.45) is 23.5 Å². The first-order valence-corrected chi connectivity index (χ1v) is 27.7. The van der Waals surface area contributed by atoms with Crippen LogP contribution >= 0.6 is 23.2 Å². The summed E-state index contributed by atoms with van der Waals surface area (Å²) in [5, 5.41) is 34.9. The van der Waals surface area contributed by atoms with Crippen molar-refractivity contribution in [3.8, 4) is 51.4 Å². The Kier molecular flexibility index (Phi) is 18.8. The van der Waals surface area contributed by atoms with Crippen LogP contribution in [-0.2, 0) is 38.4 Å². The number of nitrogens with one attached hydrogen (secondary N) is 4. The van der Waals surface area contributed by atoms with E-state index in [9.17, 15) is 34.2 Å². The fourth-order valence-corrected chi connectivity index (χ4v) is 11.3. The third-order valence-electron chi connectivity index (χ3n) is 15.1. The predicted octanol–water partition coefficient (Wildman–Crippen LogP) is 7.83. The molecule has 22 heteroatoms. The molecule has 10 rings (SSSR count). The third-order valence-corrected chi connectivity index (χ3v) is 15.7. The number of methoxy groups -OCH3 is 3. The van der Waals surface area contributed by atoms with E-state index in [1.807, 2.05) is 13.8 Å². The van der Waals surface area contributed by atoms with E-state index in [1.165, 1.54) is 82.9 Å². The van der Waals surface area contributed by atoms with Crippen LogP contribution in [0.5, 0.6) is 40.2 Å². The number of Topliss-reactive ketones (excluding diaryl/α,β-unsaturated/α-hetero) is 3. The van der Waals surface area contributed by atoms with E-state index in [2.05, 4.69) is 21.3 Å². The average Bonchev–Trinajstić information content (AvgIpc) is 2.88. The number of fused-ring (bicyclic) bond motifs is 15. The number of carbonyl (C=O) groups is 8. The maximum Gasteiger partial charge on any atom is 0.246 e. The summed E-state index contributed by atoms with van der Waals surface area (Å²) in [4.78, 5) is 117. The molecule has 0 aromatic heterocycles. The number of hydrogen-bond donors (Lipinski definition) is 7. The number of benzene rings is 5. The summed E-state index contributed by atoms with van der Waals surface area (Å²) in [5.74, 6) is -10.8. The molecule has 5 aromatic carbocycles. The third kappa shape index (κ3) is 13.1. The molecule has 0 spiro atoms. The van der Waals surface area contributed by atoms with Gasteiger partial charge in [-0.3, -0.25) is 38.4 Å². The first-order chi connectivity index (χ1) is 39.4. The lowest BCUT2D eigenvalue weighted by Gasteiger charge is -2.31. The zero-order valence-corrected chi connectivity index (χ0v) is 48.4. The Morgan fingerprint density at radius 2 is 1.33 bits per heavy atom. The quantitative estimate of drug-likeness (QED) is 0.0663. The van der Waals surface area contributed by atoms with Gasteiger partial charge in [0.2, 0.25) is 35.3 Å². The highest BCUT2D eigenvalue weighted by Gasteiger charge is 2.42. The SMILES string of the molecule is CC[C@@H](CC(C)C)C(=O)N[C@H]1C(=O)C[C@@H](CC(N)=O)C(=O)N[C@H]2C(=O)C[C@H]3C(=O)N[C@H](C(=O)N[C@@H](C(C)=O)c4cc(C)cc(OC)c4-c4cc3ccc4OC)[C@H](O)c3ccc(c(Cl)c3)Oc3cc2cc(c3OC)Oc2ccc(cc2Cl)[C@H]1O. The second-order valence-electron chi connectivity index (χ2n) is 21.4. The van der Waals surface area contributed by atoms with Crippen molar-refractivity contribution in [2.45, 2.75) is 109 Å². The summed E-state index contributed by atoms with van der Waals surface area (Å²) in [6.45, 7) is 8.69. The molecule has 0 saturated heterocycles. The summed E-state index contributed by atoms with van der Waals surface area (Å²) in [5.41, 5.74) is 7.38. The van der Waals surface area contributed by atoms with E-state index in [1.54, 1.807) is 38.1 Å². The van der Waals surface area contributed by atoms with Gasteiger partial charge in [0, 0.05) is 36.3 Å². The van der Waals surface area contributed by atoms with Gasteiger partial charge in [0.15, 0.2) is 28.8 Å². The summed E-state index contributed by atoms with van der Waals surface area (Å²) in [6.07, 6.45) is -5.18. The predicted molar refractivity (Wildman–Crippen MR) is 305 cm³/mol. The molecule has 0 saturated carbocycles. The van der Waals surface area contributed by atoms with E-state index in [0.29, 0.717) is 18.4 Å². The second kappa shape index (κ2) is 25.6. The summed E-state index contributed by atoms with van der Waals surface area (Å²) >= 11 is 13.9. The Bertz CT molecular complexity index is 3420. The maximum absolute atomic E-state index is 15.8. The minimum atomic E-state index is -1.89. The average molecular weight is 1180 g/mol. The maximum atomic E-state index is 15.8. The highest BCUT2D eigenvalue weighted by atomic mass is 35.5. The van der Waals surface area contributed by atoms with E-state index in [0.717, 1.165) is 0 Å². The standard InChI is InChI=1S/C61H65Cl2N5O15/c1-9-30(16-27(2)3)58(75)67-53-41(70)22-35(25-49(64)72)59(76)66-52-34-23-47(82-44-14-11-32(55(53)73)20-39(44)62)57(81-8)48(24-34)83-45-15-12-33(21-40(45)63)56(74)54-61(78)65-51(29(5)69)38-17-28(4)18-46(80-7)50(38)37-19-31(10-13-43(37)79-6)36(26-42(52)71)60(77)68-54/h10-15,17-21,23-24,27,30,35-36,51-56,73-74H,9,16,22,25-26H2,1-8H3,(H2,64,72)(H,65,78)(H,66,76)(H,67,75)(H,68,77)/t30-,35-,36+,51-,52+,53-,54-,55+,56+/m0/s1. The number of ether oxygens (including phenoxy) is 5. The molecular formula is C61H65Cl2N5O15. The second-order valence-corrected chi connectivity index (χ2v) is 22.2. The monoisotopic (exact) mass is 1180 g/mol. The highest BCUT2D eigenvalue weighted by Crippen LogP contribution is 2.49. The number of primary amides is 1. The van der Waals surface area contributed by atoms with Gasteiger partial charge in [-0.05, 0) is 121 Å².